The lowest BCUT2D eigenvalue weighted by Crippen LogP contribution is -2.18. The number of anilines is 1. The highest BCUT2D eigenvalue weighted by atomic mass is 32.1. The molecule has 1 amide bonds. The SMILES string of the molecule is CCOC(=O)Cc1csc(NC(=O)Cn2ccc3c([N+](=O)[O-])cccc32)n1. The summed E-state index contributed by atoms with van der Waals surface area (Å²) in [5, 5.41) is 16.3. The van der Waals surface area contributed by atoms with E-state index >= 15 is 0 Å². The number of nitro groups is 1. The Hall–Kier alpha value is -3.27. The number of nitrogens with zero attached hydrogens (tertiary/aromatic N) is 3. The number of hydrogen-bond donors (Lipinski definition) is 1. The van der Waals surface area contributed by atoms with Crippen LogP contribution in [0, 0.1) is 10.1 Å². The van der Waals surface area contributed by atoms with Crippen LogP contribution in [0.5, 0.6) is 0 Å². The van der Waals surface area contributed by atoms with Gasteiger partial charge in [-0.2, -0.15) is 0 Å². The number of non-ortho nitro benzene ring substituents is 1. The standard InChI is InChI=1S/C17H16N4O5S/c1-2-26-16(23)8-11-10-27-17(18-11)19-15(22)9-20-7-6-12-13(20)4-3-5-14(12)21(24)25/h3-7,10H,2,8-9H2,1H3,(H,18,19,22). The number of carbonyl (C=O) groups excluding carboxylic acids is 2. The Bertz CT molecular complexity index is 1010. The lowest BCUT2D eigenvalue weighted by atomic mass is 10.2. The van der Waals surface area contributed by atoms with E-state index in [1.54, 1.807) is 41.3 Å². The van der Waals surface area contributed by atoms with Crippen molar-refractivity contribution in [1.82, 2.24) is 9.55 Å². The fourth-order valence-electron chi connectivity index (χ4n) is 2.62. The minimum absolute atomic E-state index is 0.00445. The van der Waals surface area contributed by atoms with Crippen molar-refractivity contribution in [2.24, 2.45) is 0 Å². The molecule has 0 atom stereocenters. The lowest BCUT2D eigenvalue weighted by molar-refractivity contribution is -0.383. The highest BCUT2D eigenvalue weighted by molar-refractivity contribution is 7.13. The molecule has 3 aromatic rings. The molecule has 3 rings (SSSR count). The summed E-state index contributed by atoms with van der Waals surface area (Å²) < 4.78 is 6.49. The Morgan fingerprint density at radius 3 is 2.93 bits per heavy atom. The Morgan fingerprint density at radius 2 is 2.19 bits per heavy atom. The van der Waals surface area contributed by atoms with Gasteiger partial charge in [-0.05, 0) is 19.1 Å². The topological polar surface area (TPSA) is 116 Å². The molecular formula is C17H16N4O5S. The molecule has 0 aliphatic carbocycles. The predicted molar refractivity (Wildman–Crippen MR) is 99.7 cm³/mol. The van der Waals surface area contributed by atoms with Gasteiger partial charge in [0.1, 0.15) is 6.54 Å². The van der Waals surface area contributed by atoms with Crippen molar-refractivity contribution in [2.45, 2.75) is 19.9 Å². The number of thiazole rings is 1. The maximum Gasteiger partial charge on any atom is 0.311 e. The van der Waals surface area contributed by atoms with Gasteiger partial charge in [0.05, 0.1) is 34.5 Å². The van der Waals surface area contributed by atoms with E-state index in [1.807, 2.05) is 0 Å². The molecule has 0 aliphatic rings. The van der Waals surface area contributed by atoms with Gasteiger partial charge in [0, 0.05) is 17.6 Å². The van der Waals surface area contributed by atoms with Crippen LogP contribution < -0.4 is 5.32 Å². The fourth-order valence-corrected chi connectivity index (χ4v) is 3.35. The van der Waals surface area contributed by atoms with E-state index in [2.05, 4.69) is 10.3 Å². The van der Waals surface area contributed by atoms with Crippen molar-refractivity contribution in [3.05, 3.63) is 51.7 Å². The largest absolute Gasteiger partial charge is 0.466 e. The van der Waals surface area contributed by atoms with Crippen LogP contribution in [0.15, 0.2) is 35.8 Å². The molecule has 0 radical (unpaired) electrons. The smallest absolute Gasteiger partial charge is 0.311 e. The van der Waals surface area contributed by atoms with Gasteiger partial charge in [0.25, 0.3) is 5.69 Å². The molecule has 27 heavy (non-hydrogen) atoms. The molecule has 9 nitrogen and oxygen atoms in total. The van der Waals surface area contributed by atoms with Crippen LogP contribution in [0.25, 0.3) is 10.9 Å². The van der Waals surface area contributed by atoms with Crippen molar-refractivity contribution in [2.75, 3.05) is 11.9 Å². The highest BCUT2D eigenvalue weighted by Crippen LogP contribution is 2.26. The average molecular weight is 388 g/mol. The van der Waals surface area contributed by atoms with E-state index in [0.717, 1.165) is 0 Å². The zero-order chi connectivity index (χ0) is 19.4. The fraction of sp³-hybridized carbons (Fsp3) is 0.235. The normalized spacial score (nSPS) is 10.7. The molecule has 0 spiro atoms. The number of amides is 1. The van der Waals surface area contributed by atoms with Crippen LogP contribution in [0.2, 0.25) is 0 Å². The van der Waals surface area contributed by atoms with Gasteiger partial charge in [0.2, 0.25) is 5.91 Å². The van der Waals surface area contributed by atoms with Gasteiger partial charge in [0.15, 0.2) is 5.13 Å². The van der Waals surface area contributed by atoms with Crippen molar-refractivity contribution in [1.29, 1.82) is 0 Å². The molecular weight excluding hydrogens is 372 g/mol. The minimum Gasteiger partial charge on any atom is -0.466 e. The van der Waals surface area contributed by atoms with Gasteiger partial charge in [-0.3, -0.25) is 19.7 Å². The number of rotatable bonds is 7. The molecule has 0 saturated heterocycles. The summed E-state index contributed by atoms with van der Waals surface area (Å²) in [5.74, 6) is -0.697. The summed E-state index contributed by atoms with van der Waals surface area (Å²) in [6.07, 6.45) is 1.68. The van der Waals surface area contributed by atoms with Gasteiger partial charge in [-0.15, -0.1) is 11.3 Å². The van der Waals surface area contributed by atoms with Gasteiger partial charge < -0.3 is 14.6 Å². The van der Waals surface area contributed by atoms with Crippen molar-refractivity contribution >= 4 is 44.9 Å². The van der Waals surface area contributed by atoms with Crippen LogP contribution >= 0.6 is 11.3 Å². The Kier molecular flexibility index (Phi) is 5.46. The quantitative estimate of drug-likeness (QED) is 0.378. The first kappa shape index (κ1) is 18.5. The van der Waals surface area contributed by atoms with Crippen molar-refractivity contribution in [3.63, 3.8) is 0 Å². The van der Waals surface area contributed by atoms with E-state index in [9.17, 15) is 19.7 Å². The van der Waals surface area contributed by atoms with Crippen LogP contribution in [-0.2, 0) is 27.3 Å². The second kappa shape index (κ2) is 7.96. The number of carbonyl (C=O) groups is 2. The second-order valence-electron chi connectivity index (χ2n) is 5.58. The molecule has 0 aliphatic heterocycles. The monoisotopic (exact) mass is 388 g/mol. The number of ether oxygens (including phenoxy) is 1. The summed E-state index contributed by atoms with van der Waals surface area (Å²) in [5.41, 5.74) is 1.12. The maximum absolute atomic E-state index is 12.3. The van der Waals surface area contributed by atoms with Gasteiger partial charge in [-0.1, -0.05) is 6.07 Å². The van der Waals surface area contributed by atoms with Crippen LogP contribution in [-0.4, -0.2) is 33.0 Å². The summed E-state index contributed by atoms with van der Waals surface area (Å²) in [4.78, 5) is 38.6. The Morgan fingerprint density at radius 1 is 1.37 bits per heavy atom. The number of nitro benzene ring substituents is 1. The molecule has 0 bridgehead atoms. The Balaban J connectivity index is 1.67. The number of fused-ring (bicyclic) bond motifs is 1. The number of nitrogens with one attached hydrogen (secondary N) is 1. The minimum atomic E-state index is -0.451. The third kappa shape index (κ3) is 4.29. The highest BCUT2D eigenvalue weighted by Gasteiger charge is 2.16. The van der Waals surface area contributed by atoms with Crippen molar-refractivity contribution in [3.8, 4) is 0 Å². The zero-order valence-electron chi connectivity index (χ0n) is 14.4. The van der Waals surface area contributed by atoms with E-state index in [4.69, 9.17) is 4.74 Å². The molecule has 1 aromatic carbocycles. The summed E-state index contributed by atoms with van der Waals surface area (Å²) in [7, 11) is 0. The second-order valence-corrected chi connectivity index (χ2v) is 6.44. The first-order chi connectivity index (χ1) is 13.0. The number of benzene rings is 1. The molecule has 0 unspecified atom stereocenters. The average Bonchev–Trinajstić information content (AvgIpc) is 3.22. The molecule has 10 heteroatoms. The Labute approximate surface area is 157 Å². The summed E-state index contributed by atoms with van der Waals surface area (Å²) in [6, 6.07) is 6.34. The molecule has 140 valence electrons. The van der Waals surface area contributed by atoms with Gasteiger partial charge in [-0.25, -0.2) is 4.98 Å². The maximum atomic E-state index is 12.3. The molecule has 2 heterocycles. The third-order valence-corrected chi connectivity index (χ3v) is 4.54. The molecule has 2 aromatic heterocycles. The third-order valence-electron chi connectivity index (χ3n) is 3.73. The number of esters is 1. The van der Waals surface area contributed by atoms with Crippen LogP contribution in [0.1, 0.15) is 12.6 Å². The summed E-state index contributed by atoms with van der Waals surface area (Å²) in [6.45, 7) is 2.01. The molecule has 0 saturated carbocycles. The predicted octanol–water partition coefficient (Wildman–Crippen LogP) is 2.75. The van der Waals surface area contributed by atoms with E-state index < -0.39 is 4.92 Å². The number of hydrogen-bond acceptors (Lipinski definition) is 7. The first-order valence-corrected chi connectivity index (χ1v) is 8.98. The zero-order valence-corrected chi connectivity index (χ0v) is 15.2. The first-order valence-electron chi connectivity index (χ1n) is 8.10. The van der Waals surface area contributed by atoms with Gasteiger partial charge >= 0.3 is 5.97 Å². The van der Waals surface area contributed by atoms with Crippen molar-refractivity contribution < 1.29 is 19.2 Å². The lowest BCUT2D eigenvalue weighted by Gasteiger charge is -2.05. The number of aromatic nitrogens is 2. The molecule has 0 fully saturated rings. The van der Waals surface area contributed by atoms with E-state index in [0.29, 0.717) is 28.3 Å². The van der Waals surface area contributed by atoms with Crippen LogP contribution in [0.4, 0.5) is 10.8 Å². The summed E-state index contributed by atoms with van der Waals surface area (Å²) >= 11 is 1.21. The molecule has 1 N–H and O–H groups in total. The van der Waals surface area contributed by atoms with E-state index in [-0.39, 0.29) is 30.5 Å². The van der Waals surface area contributed by atoms with Crippen LogP contribution in [0.3, 0.4) is 0 Å². The van der Waals surface area contributed by atoms with E-state index in [1.165, 1.54) is 17.4 Å².